The highest BCUT2D eigenvalue weighted by atomic mass is 19.4. The van der Waals surface area contributed by atoms with E-state index in [2.05, 4.69) is 15.3 Å². The fourth-order valence-electron chi connectivity index (χ4n) is 2.73. The molecule has 130 valence electrons. The monoisotopic (exact) mass is 346 g/mol. The third-order valence-corrected chi connectivity index (χ3v) is 3.93. The number of nitrogens with zero attached hydrogens (tertiary/aromatic N) is 2. The van der Waals surface area contributed by atoms with Gasteiger partial charge in [-0.3, -0.25) is 0 Å². The molecule has 0 saturated carbocycles. The average molecular weight is 346 g/mol. The van der Waals surface area contributed by atoms with Gasteiger partial charge in [0.1, 0.15) is 6.17 Å². The van der Waals surface area contributed by atoms with E-state index in [0.717, 1.165) is 12.1 Å². The van der Waals surface area contributed by atoms with Gasteiger partial charge < -0.3 is 20.3 Å². The van der Waals surface area contributed by atoms with E-state index < -0.39 is 30.0 Å². The van der Waals surface area contributed by atoms with Gasteiger partial charge in [0.2, 0.25) is 5.95 Å². The summed E-state index contributed by atoms with van der Waals surface area (Å²) in [4.78, 5) is 19.3. The van der Waals surface area contributed by atoms with Crippen LogP contribution in [-0.2, 0) is 6.18 Å². The third-order valence-electron chi connectivity index (χ3n) is 3.93. The lowest BCUT2D eigenvalue weighted by atomic mass is 10.0. The van der Waals surface area contributed by atoms with Crippen LogP contribution in [0.3, 0.4) is 0 Å². The lowest BCUT2D eigenvalue weighted by Gasteiger charge is -2.34. The minimum Gasteiger partial charge on any atom is -0.465 e. The number of alkyl halides is 4. The number of H-pyrrole nitrogens is 1. The Morgan fingerprint density at radius 2 is 2.17 bits per heavy atom. The van der Waals surface area contributed by atoms with Gasteiger partial charge in [-0.2, -0.15) is 13.2 Å². The number of imidazole rings is 1. The SMILES string of the molecule is O=C(O)N[C@@H]1CN(c2nc3ccc(C(F)(F)F)cc3[nH]2)CC[C@@H]1F. The van der Waals surface area contributed by atoms with Crippen LogP contribution >= 0.6 is 0 Å². The number of aromatic amines is 1. The van der Waals surface area contributed by atoms with Crippen LogP contribution < -0.4 is 10.2 Å². The van der Waals surface area contributed by atoms with Crippen molar-refractivity contribution in [1.29, 1.82) is 0 Å². The van der Waals surface area contributed by atoms with Crippen molar-refractivity contribution in [2.24, 2.45) is 0 Å². The maximum atomic E-state index is 13.8. The number of carboxylic acid groups (broad SMARTS) is 1. The second-order valence-corrected chi connectivity index (χ2v) is 5.60. The van der Waals surface area contributed by atoms with Crippen molar-refractivity contribution < 1.29 is 27.5 Å². The molecule has 0 unspecified atom stereocenters. The van der Waals surface area contributed by atoms with Gasteiger partial charge in [-0.1, -0.05) is 0 Å². The zero-order valence-electron chi connectivity index (χ0n) is 12.3. The normalized spacial score (nSPS) is 21.9. The Hall–Kier alpha value is -2.52. The summed E-state index contributed by atoms with van der Waals surface area (Å²) in [5.74, 6) is 0.286. The molecule has 2 aromatic rings. The number of benzene rings is 1. The minimum atomic E-state index is -4.46. The highest BCUT2D eigenvalue weighted by Gasteiger charge is 2.33. The fraction of sp³-hybridized carbons (Fsp3) is 0.429. The van der Waals surface area contributed by atoms with Gasteiger partial charge in [0, 0.05) is 13.1 Å². The standard InChI is InChI=1S/C14H14F4N4O2/c15-8-3-4-22(6-11(8)21-13(23)24)12-19-9-2-1-7(14(16,17)18)5-10(9)20-12/h1-2,5,8,11,21H,3-4,6H2,(H,19,20)(H,23,24)/t8-,11+/m0/s1. The number of hydrogen-bond donors (Lipinski definition) is 3. The molecule has 24 heavy (non-hydrogen) atoms. The highest BCUT2D eigenvalue weighted by Crippen LogP contribution is 2.31. The van der Waals surface area contributed by atoms with E-state index in [1.54, 1.807) is 4.90 Å². The summed E-state index contributed by atoms with van der Waals surface area (Å²) in [5, 5.41) is 10.8. The molecule has 1 aromatic heterocycles. The number of aromatic nitrogens is 2. The molecule has 1 aliphatic heterocycles. The van der Waals surface area contributed by atoms with Crippen molar-refractivity contribution in [3.8, 4) is 0 Å². The molecule has 1 aliphatic rings. The molecule has 1 aromatic carbocycles. The molecule has 0 radical (unpaired) electrons. The Kier molecular flexibility index (Phi) is 3.98. The summed E-state index contributed by atoms with van der Waals surface area (Å²) in [5.41, 5.74) is -0.230. The van der Waals surface area contributed by atoms with Gasteiger partial charge in [-0.15, -0.1) is 0 Å². The maximum absolute atomic E-state index is 13.8. The van der Waals surface area contributed by atoms with Crippen LogP contribution in [0.4, 0.5) is 28.3 Å². The van der Waals surface area contributed by atoms with Crippen molar-refractivity contribution in [3.05, 3.63) is 23.8 Å². The molecule has 1 fully saturated rings. The lowest BCUT2D eigenvalue weighted by Crippen LogP contribution is -2.53. The quantitative estimate of drug-likeness (QED) is 0.731. The maximum Gasteiger partial charge on any atom is 0.416 e. The first-order valence-corrected chi connectivity index (χ1v) is 7.19. The average Bonchev–Trinajstić information content (AvgIpc) is 2.91. The molecule has 2 atom stereocenters. The van der Waals surface area contributed by atoms with E-state index in [0.29, 0.717) is 5.52 Å². The van der Waals surface area contributed by atoms with Crippen molar-refractivity contribution in [2.45, 2.75) is 24.8 Å². The van der Waals surface area contributed by atoms with Crippen molar-refractivity contribution >= 4 is 23.1 Å². The number of halogens is 4. The molecule has 0 spiro atoms. The van der Waals surface area contributed by atoms with Gasteiger partial charge in [0.05, 0.1) is 22.6 Å². The Labute approximate surface area is 133 Å². The first-order valence-electron chi connectivity index (χ1n) is 7.19. The predicted octanol–water partition coefficient (Wildman–Crippen LogP) is 2.77. The first kappa shape index (κ1) is 16.3. The number of amides is 1. The largest absolute Gasteiger partial charge is 0.465 e. The van der Waals surface area contributed by atoms with Crippen LogP contribution in [0, 0.1) is 0 Å². The number of hydrogen-bond acceptors (Lipinski definition) is 3. The summed E-state index contributed by atoms with van der Waals surface area (Å²) < 4.78 is 52.0. The van der Waals surface area contributed by atoms with Crippen LogP contribution in [0.25, 0.3) is 11.0 Å². The molecule has 6 nitrogen and oxygen atoms in total. The number of anilines is 1. The molecule has 3 rings (SSSR count). The number of fused-ring (bicyclic) bond motifs is 1. The molecule has 3 N–H and O–H groups in total. The summed E-state index contributed by atoms with van der Waals surface area (Å²) in [6.07, 6.45) is -7.01. The second-order valence-electron chi connectivity index (χ2n) is 5.60. The predicted molar refractivity (Wildman–Crippen MR) is 77.8 cm³/mol. The summed E-state index contributed by atoms with van der Waals surface area (Å²) in [6, 6.07) is 2.23. The molecule has 0 aliphatic carbocycles. The van der Waals surface area contributed by atoms with E-state index in [1.165, 1.54) is 6.07 Å². The van der Waals surface area contributed by atoms with Crippen LogP contribution in [0.2, 0.25) is 0 Å². The van der Waals surface area contributed by atoms with E-state index in [4.69, 9.17) is 5.11 Å². The van der Waals surface area contributed by atoms with Gasteiger partial charge in [0.15, 0.2) is 0 Å². The molecule has 1 saturated heterocycles. The van der Waals surface area contributed by atoms with Gasteiger partial charge in [-0.25, -0.2) is 14.2 Å². The number of nitrogens with one attached hydrogen (secondary N) is 2. The number of piperidine rings is 1. The zero-order valence-corrected chi connectivity index (χ0v) is 12.3. The summed E-state index contributed by atoms with van der Waals surface area (Å²) in [6.45, 7) is 0.324. The Balaban J connectivity index is 1.85. The molecular formula is C14H14F4N4O2. The van der Waals surface area contributed by atoms with E-state index in [-0.39, 0.29) is 31.0 Å². The molecule has 0 bridgehead atoms. The first-order chi connectivity index (χ1) is 11.2. The van der Waals surface area contributed by atoms with E-state index in [1.807, 2.05) is 0 Å². The number of rotatable bonds is 2. The Morgan fingerprint density at radius 3 is 2.83 bits per heavy atom. The molecular weight excluding hydrogens is 332 g/mol. The van der Waals surface area contributed by atoms with Crippen LogP contribution in [-0.4, -0.2) is 46.5 Å². The van der Waals surface area contributed by atoms with Gasteiger partial charge >= 0.3 is 12.3 Å². The summed E-state index contributed by atoms with van der Waals surface area (Å²) in [7, 11) is 0. The topological polar surface area (TPSA) is 81.2 Å². The van der Waals surface area contributed by atoms with Crippen molar-refractivity contribution in [3.63, 3.8) is 0 Å². The smallest absolute Gasteiger partial charge is 0.416 e. The number of carbonyl (C=O) groups is 1. The van der Waals surface area contributed by atoms with E-state index in [9.17, 15) is 22.4 Å². The van der Waals surface area contributed by atoms with Crippen LogP contribution in [0.15, 0.2) is 18.2 Å². The zero-order chi connectivity index (χ0) is 17.5. The third kappa shape index (κ3) is 3.22. The van der Waals surface area contributed by atoms with Crippen LogP contribution in [0.5, 0.6) is 0 Å². The molecule has 2 heterocycles. The van der Waals surface area contributed by atoms with E-state index >= 15 is 0 Å². The van der Waals surface area contributed by atoms with Crippen molar-refractivity contribution in [2.75, 3.05) is 18.0 Å². The molecule has 10 heteroatoms. The lowest BCUT2D eigenvalue weighted by molar-refractivity contribution is -0.137. The van der Waals surface area contributed by atoms with Crippen LogP contribution in [0.1, 0.15) is 12.0 Å². The van der Waals surface area contributed by atoms with Gasteiger partial charge in [0.25, 0.3) is 0 Å². The Morgan fingerprint density at radius 1 is 1.42 bits per heavy atom. The molecule has 1 amide bonds. The summed E-state index contributed by atoms with van der Waals surface area (Å²) >= 11 is 0. The fourth-order valence-corrected chi connectivity index (χ4v) is 2.73. The second kappa shape index (κ2) is 5.84. The Bertz CT molecular complexity index is 761. The highest BCUT2D eigenvalue weighted by molar-refractivity contribution is 5.78. The minimum absolute atomic E-state index is 0.0411. The van der Waals surface area contributed by atoms with Crippen molar-refractivity contribution in [1.82, 2.24) is 15.3 Å². The van der Waals surface area contributed by atoms with Gasteiger partial charge in [-0.05, 0) is 24.6 Å².